The van der Waals surface area contributed by atoms with Crippen molar-refractivity contribution in [1.82, 2.24) is 10.6 Å². The molecule has 0 aromatic carbocycles. The lowest BCUT2D eigenvalue weighted by atomic mass is 10.0. The third-order valence-corrected chi connectivity index (χ3v) is 8.18. The maximum Gasteiger partial charge on any atom is 0.242 e. The van der Waals surface area contributed by atoms with Crippen LogP contribution in [0.2, 0.25) is 0 Å². The molecule has 0 aromatic rings. The van der Waals surface area contributed by atoms with Gasteiger partial charge < -0.3 is 22.1 Å². The van der Waals surface area contributed by atoms with E-state index in [-0.39, 0.29) is 17.8 Å². The standard InChI is InChI=1S/C35H71N5O2/c1-3-5-7-9-10-11-12-13-14-15-16-17-18-19-20-21-22-23-24-29-33(41)40-32(28-25-27-31-39-35(36)37)34(42)38-30-26-8-6-4-2/h32H,3-31H2,1-2H3,(H,38,42)(H,40,41)(H4,36,37,39)/t32-/m0/s1. The molecule has 7 heteroatoms. The van der Waals surface area contributed by atoms with Crippen LogP contribution < -0.4 is 22.1 Å². The van der Waals surface area contributed by atoms with Crippen molar-refractivity contribution in [1.29, 1.82) is 0 Å². The van der Waals surface area contributed by atoms with Crippen molar-refractivity contribution in [2.75, 3.05) is 13.1 Å². The highest BCUT2D eigenvalue weighted by molar-refractivity contribution is 5.87. The lowest BCUT2D eigenvalue weighted by molar-refractivity contribution is -0.129. The van der Waals surface area contributed by atoms with E-state index >= 15 is 0 Å². The lowest BCUT2D eigenvalue weighted by Crippen LogP contribution is -2.47. The number of amides is 2. The van der Waals surface area contributed by atoms with Gasteiger partial charge in [0.1, 0.15) is 6.04 Å². The maximum absolute atomic E-state index is 12.7. The number of nitrogens with zero attached hydrogens (tertiary/aromatic N) is 1. The average molecular weight is 594 g/mol. The second-order valence-corrected chi connectivity index (χ2v) is 12.4. The van der Waals surface area contributed by atoms with E-state index in [0.717, 1.165) is 38.5 Å². The van der Waals surface area contributed by atoms with Crippen molar-refractivity contribution >= 4 is 17.8 Å². The number of hydrogen-bond acceptors (Lipinski definition) is 3. The van der Waals surface area contributed by atoms with Gasteiger partial charge in [0.15, 0.2) is 5.96 Å². The van der Waals surface area contributed by atoms with Crippen LogP contribution in [0, 0.1) is 0 Å². The van der Waals surface area contributed by atoms with Crippen LogP contribution >= 0.6 is 0 Å². The summed E-state index contributed by atoms with van der Waals surface area (Å²) in [5, 5.41) is 6.01. The van der Waals surface area contributed by atoms with Gasteiger partial charge in [0.25, 0.3) is 0 Å². The van der Waals surface area contributed by atoms with Crippen molar-refractivity contribution in [2.45, 2.75) is 193 Å². The quantitative estimate of drug-likeness (QED) is 0.0355. The number of aliphatic imine (C=N–C) groups is 1. The van der Waals surface area contributed by atoms with Crippen molar-refractivity contribution in [2.24, 2.45) is 16.5 Å². The van der Waals surface area contributed by atoms with E-state index in [1.165, 1.54) is 122 Å². The van der Waals surface area contributed by atoms with Crippen LogP contribution in [0.25, 0.3) is 0 Å². The monoisotopic (exact) mass is 594 g/mol. The third-order valence-electron chi connectivity index (χ3n) is 8.18. The maximum atomic E-state index is 12.7. The molecule has 0 rings (SSSR count). The zero-order chi connectivity index (χ0) is 30.9. The van der Waals surface area contributed by atoms with E-state index in [0.29, 0.717) is 25.9 Å². The Morgan fingerprint density at radius 1 is 0.571 bits per heavy atom. The molecule has 6 N–H and O–H groups in total. The molecule has 0 fully saturated rings. The van der Waals surface area contributed by atoms with Gasteiger partial charge in [0.2, 0.25) is 11.8 Å². The zero-order valence-electron chi connectivity index (χ0n) is 28.0. The smallest absolute Gasteiger partial charge is 0.242 e. The normalized spacial score (nSPS) is 11.8. The summed E-state index contributed by atoms with van der Waals surface area (Å²) in [5.41, 5.74) is 10.8. The molecule has 2 amide bonds. The molecule has 1 atom stereocenters. The Balaban J connectivity index is 3.83. The molecule has 0 aromatic heterocycles. The van der Waals surface area contributed by atoms with Crippen LogP contribution in [0.4, 0.5) is 0 Å². The Labute approximate surface area is 260 Å². The largest absolute Gasteiger partial charge is 0.370 e. The van der Waals surface area contributed by atoms with Crippen molar-refractivity contribution < 1.29 is 9.59 Å². The summed E-state index contributed by atoms with van der Waals surface area (Å²) >= 11 is 0. The summed E-state index contributed by atoms with van der Waals surface area (Å²) < 4.78 is 0. The van der Waals surface area contributed by atoms with E-state index in [1.807, 2.05) is 0 Å². The van der Waals surface area contributed by atoms with Gasteiger partial charge in [-0.1, -0.05) is 149 Å². The topological polar surface area (TPSA) is 123 Å². The summed E-state index contributed by atoms with van der Waals surface area (Å²) in [6.45, 7) is 5.67. The van der Waals surface area contributed by atoms with Crippen LogP contribution in [0.15, 0.2) is 4.99 Å². The van der Waals surface area contributed by atoms with Crippen molar-refractivity contribution in [3.63, 3.8) is 0 Å². The van der Waals surface area contributed by atoms with Gasteiger partial charge in [-0.3, -0.25) is 14.6 Å². The fourth-order valence-corrected chi connectivity index (χ4v) is 5.45. The molecule has 42 heavy (non-hydrogen) atoms. The van der Waals surface area contributed by atoms with Crippen molar-refractivity contribution in [3.8, 4) is 0 Å². The van der Waals surface area contributed by atoms with E-state index < -0.39 is 6.04 Å². The first-order valence-electron chi connectivity index (χ1n) is 18.1. The predicted molar refractivity (Wildman–Crippen MR) is 182 cm³/mol. The number of carbonyl (C=O) groups excluding carboxylic acids is 2. The molecule has 0 heterocycles. The molecule has 248 valence electrons. The van der Waals surface area contributed by atoms with Crippen LogP contribution in [-0.4, -0.2) is 36.9 Å². The molecule has 0 aliphatic rings. The fourth-order valence-electron chi connectivity index (χ4n) is 5.45. The fraction of sp³-hybridized carbons (Fsp3) is 0.914. The van der Waals surface area contributed by atoms with E-state index in [9.17, 15) is 9.59 Å². The number of nitrogens with two attached hydrogens (primary N) is 2. The third kappa shape index (κ3) is 29.7. The van der Waals surface area contributed by atoms with Gasteiger partial charge in [-0.25, -0.2) is 0 Å². The number of rotatable bonds is 32. The number of unbranched alkanes of at least 4 members (excludes halogenated alkanes) is 22. The van der Waals surface area contributed by atoms with E-state index in [2.05, 4.69) is 29.5 Å². The lowest BCUT2D eigenvalue weighted by Gasteiger charge is -2.18. The van der Waals surface area contributed by atoms with Gasteiger partial charge in [-0.05, 0) is 32.1 Å². The summed E-state index contributed by atoms with van der Waals surface area (Å²) in [6.07, 6.45) is 32.5. The summed E-state index contributed by atoms with van der Waals surface area (Å²) in [7, 11) is 0. The zero-order valence-corrected chi connectivity index (χ0v) is 28.0. The molecule has 0 unspecified atom stereocenters. The molecule has 7 nitrogen and oxygen atoms in total. The molecule has 0 radical (unpaired) electrons. The highest BCUT2D eigenvalue weighted by Crippen LogP contribution is 2.15. The first-order valence-corrected chi connectivity index (χ1v) is 18.1. The number of carbonyl (C=O) groups is 2. The minimum absolute atomic E-state index is 0.0164. The summed E-state index contributed by atoms with van der Waals surface area (Å²) in [5.74, 6) is -0.00329. The molecule has 0 saturated carbocycles. The highest BCUT2D eigenvalue weighted by atomic mass is 16.2. The molecular formula is C35H71N5O2. The first kappa shape index (κ1) is 40.2. The molecule has 0 bridgehead atoms. The number of guanidine groups is 1. The van der Waals surface area contributed by atoms with Gasteiger partial charge in [-0.2, -0.15) is 0 Å². The second-order valence-electron chi connectivity index (χ2n) is 12.4. The second kappa shape index (κ2) is 32.1. The van der Waals surface area contributed by atoms with Crippen LogP contribution in [0.1, 0.15) is 187 Å². The number of hydrogen-bond donors (Lipinski definition) is 4. The number of nitrogens with one attached hydrogen (secondary N) is 2. The Bertz CT molecular complexity index is 637. The van der Waals surface area contributed by atoms with Gasteiger partial charge in [0.05, 0.1) is 0 Å². The minimum Gasteiger partial charge on any atom is -0.370 e. The Morgan fingerprint density at radius 3 is 1.45 bits per heavy atom. The van der Waals surface area contributed by atoms with Crippen LogP contribution in [0.3, 0.4) is 0 Å². The molecule has 0 saturated heterocycles. The van der Waals surface area contributed by atoms with Crippen LogP contribution in [0.5, 0.6) is 0 Å². The molecule has 0 aliphatic carbocycles. The molecule has 0 aliphatic heterocycles. The average Bonchev–Trinajstić information content (AvgIpc) is 2.97. The Hall–Kier alpha value is -1.79. The SMILES string of the molecule is CCCCCCCCCCCCCCCCCCCCCC(=O)N[C@@H](CCCCN=C(N)N)C(=O)NCCCCCC. The van der Waals surface area contributed by atoms with Crippen LogP contribution in [-0.2, 0) is 9.59 Å². The van der Waals surface area contributed by atoms with Gasteiger partial charge >= 0.3 is 0 Å². The van der Waals surface area contributed by atoms with Gasteiger partial charge in [0, 0.05) is 19.5 Å². The highest BCUT2D eigenvalue weighted by Gasteiger charge is 2.19. The predicted octanol–water partition coefficient (Wildman–Crippen LogP) is 8.43. The first-order chi connectivity index (χ1) is 20.5. The Morgan fingerprint density at radius 2 is 1.00 bits per heavy atom. The minimum atomic E-state index is -0.483. The molecule has 0 spiro atoms. The summed E-state index contributed by atoms with van der Waals surface area (Å²) in [6, 6.07) is -0.483. The molecular weight excluding hydrogens is 522 g/mol. The van der Waals surface area contributed by atoms with E-state index in [4.69, 9.17) is 11.5 Å². The van der Waals surface area contributed by atoms with Gasteiger partial charge in [-0.15, -0.1) is 0 Å². The van der Waals surface area contributed by atoms with E-state index in [1.54, 1.807) is 0 Å². The Kier molecular flexibility index (Phi) is 30.8. The summed E-state index contributed by atoms with van der Waals surface area (Å²) in [4.78, 5) is 29.3. The van der Waals surface area contributed by atoms with Crippen molar-refractivity contribution in [3.05, 3.63) is 0 Å².